The van der Waals surface area contributed by atoms with Gasteiger partial charge < -0.3 is 14.8 Å². The van der Waals surface area contributed by atoms with Crippen LogP contribution < -0.4 is 5.32 Å². The number of nitrogens with zero attached hydrogens (tertiary/aromatic N) is 2. The molecule has 0 aliphatic carbocycles. The lowest BCUT2D eigenvalue weighted by atomic mass is 10.1. The quantitative estimate of drug-likeness (QED) is 0.496. The van der Waals surface area contributed by atoms with Crippen LogP contribution in [0.15, 0.2) is 47.1 Å². The van der Waals surface area contributed by atoms with Gasteiger partial charge in [0.05, 0.1) is 6.42 Å². The summed E-state index contributed by atoms with van der Waals surface area (Å²) in [5.74, 6) is -2.37. The van der Waals surface area contributed by atoms with Crippen molar-refractivity contribution in [3.05, 3.63) is 82.1 Å². The van der Waals surface area contributed by atoms with Crippen molar-refractivity contribution < 1.29 is 18.1 Å². The molecule has 0 unspecified atom stereocenters. The Morgan fingerprint density at radius 2 is 2.03 bits per heavy atom. The molecule has 0 aliphatic rings. The standard InChI is InChI=1S/C20H15ClF2N4O2/c21-13-2-4-17-14(9-13)12(10-25-17)5-6-24-20(28)19-26-18(29-27-19)8-11-1-3-15(22)16(23)7-11/h1-4,7,9-10,25H,5-6,8H2,(H,24,28). The normalized spacial score (nSPS) is 11.1. The van der Waals surface area contributed by atoms with Crippen LogP contribution in [-0.2, 0) is 12.8 Å². The average Bonchev–Trinajstić information content (AvgIpc) is 3.32. The number of carbonyl (C=O) groups excluding carboxylic acids is 1. The molecule has 0 saturated heterocycles. The molecule has 0 saturated carbocycles. The number of hydrogen-bond acceptors (Lipinski definition) is 4. The first kappa shape index (κ1) is 19.1. The summed E-state index contributed by atoms with van der Waals surface area (Å²) in [7, 11) is 0. The molecule has 2 N–H and O–H groups in total. The molecular formula is C20H15ClF2N4O2. The molecule has 0 fully saturated rings. The van der Waals surface area contributed by atoms with E-state index in [4.69, 9.17) is 16.1 Å². The number of halogens is 3. The highest BCUT2D eigenvalue weighted by atomic mass is 35.5. The molecule has 0 radical (unpaired) electrons. The van der Waals surface area contributed by atoms with Crippen molar-refractivity contribution in [2.24, 2.45) is 0 Å². The van der Waals surface area contributed by atoms with Crippen molar-refractivity contribution in [1.29, 1.82) is 0 Å². The number of aromatic nitrogens is 3. The van der Waals surface area contributed by atoms with Gasteiger partial charge in [-0.1, -0.05) is 22.8 Å². The lowest BCUT2D eigenvalue weighted by Gasteiger charge is -2.02. The Balaban J connectivity index is 1.35. The number of rotatable bonds is 6. The molecule has 148 valence electrons. The highest BCUT2D eigenvalue weighted by Crippen LogP contribution is 2.22. The Morgan fingerprint density at radius 1 is 1.17 bits per heavy atom. The van der Waals surface area contributed by atoms with E-state index < -0.39 is 17.5 Å². The van der Waals surface area contributed by atoms with E-state index in [2.05, 4.69) is 20.4 Å². The summed E-state index contributed by atoms with van der Waals surface area (Å²) in [6.07, 6.45) is 2.56. The number of H-pyrrole nitrogens is 1. The number of fused-ring (bicyclic) bond motifs is 1. The topological polar surface area (TPSA) is 83.8 Å². The Bertz CT molecular complexity index is 1190. The molecule has 2 aromatic carbocycles. The van der Waals surface area contributed by atoms with Crippen LogP contribution in [0.1, 0.15) is 27.6 Å². The van der Waals surface area contributed by atoms with Crippen LogP contribution in [0, 0.1) is 11.6 Å². The summed E-state index contributed by atoms with van der Waals surface area (Å²) in [5, 5.41) is 8.01. The monoisotopic (exact) mass is 416 g/mol. The predicted molar refractivity (Wildman–Crippen MR) is 103 cm³/mol. The highest BCUT2D eigenvalue weighted by molar-refractivity contribution is 6.31. The van der Waals surface area contributed by atoms with Crippen LogP contribution in [0.5, 0.6) is 0 Å². The first-order valence-electron chi connectivity index (χ1n) is 8.80. The van der Waals surface area contributed by atoms with Crippen molar-refractivity contribution in [1.82, 2.24) is 20.4 Å². The summed E-state index contributed by atoms with van der Waals surface area (Å²) in [5.41, 5.74) is 2.45. The second kappa shape index (κ2) is 8.00. The predicted octanol–water partition coefficient (Wildman–Crippen LogP) is 4.05. The van der Waals surface area contributed by atoms with E-state index in [-0.39, 0.29) is 18.1 Å². The Kier molecular flexibility index (Phi) is 5.26. The van der Waals surface area contributed by atoms with Crippen LogP contribution in [0.2, 0.25) is 5.02 Å². The third-order valence-electron chi connectivity index (χ3n) is 4.42. The minimum absolute atomic E-state index is 0.0909. The fraction of sp³-hybridized carbons (Fsp3) is 0.150. The number of carbonyl (C=O) groups is 1. The maximum Gasteiger partial charge on any atom is 0.292 e. The lowest BCUT2D eigenvalue weighted by molar-refractivity contribution is 0.0941. The summed E-state index contributed by atoms with van der Waals surface area (Å²) < 4.78 is 31.3. The van der Waals surface area contributed by atoms with E-state index in [1.54, 1.807) is 6.07 Å². The molecule has 0 bridgehead atoms. The molecule has 1 amide bonds. The molecule has 0 atom stereocenters. The Morgan fingerprint density at radius 3 is 2.86 bits per heavy atom. The third-order valence-corrected chi connectivity index (χ3v) is 4.66. The molecule has 4 rings (SSSR count). The van der Waals surface area contributed by atoms with Crippen molar-refractivity contribution >= 4 is 28.4 Å². The molecule has 6 nitrogen and oxygen atoms in total. The zero-order valence-electron chi connectivity index (χ0n) is 15.0. The summed E-state index contributed by atoms with van der Waals surface area (Å²) >= 11 is 6.04. The van der Waals surface area contributed by atoms with E-state index in [0.717, 1.165) is 28.6 Å². The van der Waals surface area contributed by atoms with Crippen LogP contribution in [0.3, 0.4) is 0 Å². The number of nitrogens with one attached hydrogen (secondary N) is 2. The highest BCUT2D eigenvalue weighted by Gasteiger charge is 2.15. The van der Waals surface area contributed by atoms with Crippen molar-refractivity contribution in [2.45, 2.75) is 12.8 Å². The van der Waals surface area contributed by atoms with Gasteiger partial charge in [0, 0.05) is 28.7 Å². The van der Waals surface area contributed by atoms with Gasteiger partial charge in [0.15, 0.2) is 11.6 Å². The van der Waals surface area contributed by atoms with E-state index in [1.807, 2.05) is 18.3 Å². The number of benzene rings is 2. The second-order valence-electron chi connectivity index (χ2n) is 6.45. The largest absolute Gasteiger partial charge is 0.361 e. The zero-order chi connectivity index (χ0) is 20.4. The maximum atomic E-state index is 13.3. The van der Waals surface area contributed by atoms with Gasteiger partial charge >= 0.3 is 0 Å². The molecule has 2 heterocycles. The molecule has 4 aromatic rings. The number of hydrogen-bond donors (Lipinski definition) is 2. The SMILES string of the molecule is O=C(NCCc1c[nH]c2ccc(Cl)cc12)c1noc(Cc2ccc(F)c(F)c2)n1. The van der Waals surface area contributed by atoms with Crippen LogP contribution in [-0.4, -0.2) is 27.6 Å². The Labute approximate surface area is 168 Å². The maximum absolute atomic E-state index is 13.3. The van der Waals surface area contributed by atoms with Gasteiger partial charge in [-0.25, -0.2) is 8.78 Å². The number of aromatic amines is 1. The first-order valence-corrected chi connectivity index (χ1v) is 9.17. The van der Waals surface area contributed by atoms with Crippen molar-refractivity contribution in [3.63, 3.8) is 0 Å². The molecular weight excluding hydrogens is 402 g/mol. The minimum Gasteiger partial charge on any atom is -0.361 e. The van der Waals surface area contributed by atoms with Crippen molar-refractivity contribution in [3.8, 4) is 0 Å². The molecule has 0 aliphatic heterocycles. The van der Waals surface area contributed by atoms with E-state index in [0.29, 0.717) is 23.6 Å². The first-order chi connectivity index (χ1) is 14.0. The van der Waals surface area contributed by atoms with E-state index >= 15 is 0 Å². The van der Waals surface area contributed by atoms with Crippen LogP contribution >= 0.6 is 11.6 Å². The molecule has 9 heteroatoms. The minimum atomic E-state index is -0.960. The van der Waals surface area contributed by atoms with Crippen LogP contribution in [0.4, 0.5) is 8.78 Å². The summed E-state index contributed by atoms with van der Waals surface area (Å²) in [6, 6.07) is 9.05. The van der Waals surface area contributed by atoms with E-state index in [9.17, 15) is 13.6 Å². The summed E-state index contributed by atoms with van der Waals surface area (Å²) in [4.78, 5) is 19.4. The van der Waals surface area contributed by atoms with Gasteiger partial charge in [-0.05, 0) is 47.9 Å². The van der Waals surface area contributed by atoms with Gasteiger partial charge in [-0.15, -0.1) is 0 Å². The molecule has 0 spiro atoms. The second-order valence-corrected chi connectivity index (χ2v) is 6.88. The van der Waals surface area contributed by atoms with Gasteiger partial charge in [0.25, 0.3) is 11.7 Å². The van der Waals surface area contributed by atoms with Crippen molar-refractivity contribution in [2.75, 3.05) is 6.54 Å². The third kappa shape index (κ3) is 4.27. The number of amides is 1. The summed E-state index contributed by atoms with van der Waals surface area (Å²) in [6.45, 7) is 0.366. The smallest absolute Gasteiger partial charge is 0.292 e. The lowest BCUT2D eigenvalue weighted by Crippen LogP contribution is -2.26. The fourth-order valence-corrected chi connectivity index (χ4v) is 3.16. The van der Waals surface area contributed by atoms with Gasteiger partial charge in [-0.2, -0.15) is 4.98 Å². The van der Waals surface area contributed by atoms with Gasteiger partial charge in [-0.3, -0.25) is 4.79 Å². The molecule has 2 aromatic heterocycles. The van der Waals surface area contributed by atoms with E-state index in [1.165, 1.54) is 6.07 Å². The Hall–Kier alpha value is -3.26. The van der Waals surface area contributed by atoms with Gasteiger partial charge in [0.2, 0.25) is 5.89 Å². The zero-order valence-corrected chi connectivity index (χ0v) is 15.8. The van der Waals surface area contributed by atoms with Crippen LogP contribution in [0.25, 0.3) is 10.9 Å². The fourth-order valence-electron chi connectivity index (χ4n) is 2.99. The molecule has 29 heavy (non-hydrogen) atoms. The van der Waals surface area contributed by atoms with Gasteiger partial charge in [0.1, 0.15) is 0 Å². The average molecular weight is 417 g/mol.